The fraction of sp³-hybridized carbons (Fsp3) is 0.435. The number of benzene rings is 2. The number of aliphatic hydroxyl groups is 1. The minimum atomic E-state index is -3.82. The lowest BCUT2D eigenvalue weighted by Gasteiger charge is -2.37. The van der Waals surface area contributed by atoms with Crippen molar-refractivity contribution in [1.29, 1.82) is 0 Å². The molecule has 0 aliphatic carbocycles. The number of rotatable bonds is 7. The van der Waals surface area contributed by atoms with Gasteiger partial charge in [0, 0.05) is 24.7 Å². The molecule has 2 aromatic rings. The third-order valence-electron chi connectivity index (χ3n) is 5.65. The van der Waals surface area contributed by atoms with Gasteiger partial charge in [0.15, 0.2) is 0 Å². The predicted octanol–water partition coefficient (Wildman–Crippen LogP) is 2.24. The summed E-state index contributed by atoms with van der Waals surface area (Å²) < 4.78 is 34.3. The molecule has 3 atom stereocenters. The fourth-order valence-electron chi connectivity index (χ4n) is 3.66. The number of hydrogen-bond acceptors (Lipinski definition) is 6. The van der Waals surface area contributed by atoms with Crippen molar-refractivity contribution in [3.05, 3.63) is 53.6 Å². The van der Waals surface area contributed by atoms with Crippen molar-refractivity contribution in [2.24, 2.45) is 5.92 Å². The first-order chi connectivity index (χ1) is 15.2. The van der Waals surface area contributed by atoms with Crippen LogP contribution in [0.4, 0.5) is 5.69 Å². The van der Waals surface area contributed by atoms with Crippen molar-refractivity contribution in [1.82, 2.24) is 10.2 Å². The first-order valence-corrected chi connectivity index (χ1v) is 12.1. The Morgan fingerprint density at radius 3 is 2.53 bits per heavy atom. The molecule has 1 aliphatic heterocycles. The quantitative estimate of drug-likeness (QED) is 0.584. The highest BCUT2D eigenvalue weighted by Crippen LogP contribution is 2.31. The maximum Gasteiger partial charge on any atom is 0.261 e. The Morgan fingerprint density at radius 2 is 1.91 bits per heavy atom. The number of fused-ring (bicyclic) bond motifs is 1. The van der Waals surface area contributed by atoms with E-state index in [4.69, 9.17) is 4.74 Å². The highest BCUT2D eigenvalue weighted by atomic mass is 32.2. The molecule has 0 unspecified atom stereocenters. The zero-order valence-electron chi connectivity index (χ0n) is 18.8. The number of hydrogen-bond donors (Lipinski definition) is 3. The molecule has 9 heteroatoms. The summed E-state index contributed by atoms with van der Waals surface area (Å²) in [5.41, 5.74) is 1.47. The van der Waals surface area contributed by atoms with Gasteiger partial charge in [-0.25, -0.2) is 8.42 Å². The molecule has 0 saturated heterocycles. The van der Waals surface area contributed by atoms with E-state index in [-0.39, 0.29) is 46.7 Å². The number of sulfonamides is 1. The molecular weight excluding hydrogens is 430 g/mol. The topological polar surface area (TPSA) is 108 Å². The molecule has 8 nitrogen and oxygen atoms in total. The number of ether oxygens (including phenoxy) is 1. The lowest BCUT2D eigenvalue weighted by atomic mass is 9.99. The second-order valence-electron chi connectivity index (χ2n) is 8.31. The van der Waals surface area contributed by atoms with E-state index in [0.29, 0.717) is 18.8 Å². The molecule has 0 fully saturated rings. The molecular formula is C23H31N3O5S. The van der Waals surface area contributed by atoms with Gasteiger partial charge in [-0.1, -0.05) is 24.6 Å². The van der Waals surface area contributed by atoms with Crippen molar-refractivity contribution in [3.63, 3.8) is 0 Å². The zero-order chi connectivity index (χ0) is 23.5. The van der Waals surface area contributed by atoms with Gasteiger partial charge in [-0.2, -0.15) is 0 Å². The highest BCUT2D eigenvalue weighted by Gasteiger charge is 2.33. The number of likely N-dealkylation sites (N-methyl/N-ethyl adjacent to an activating group) is 1. The SMILES string of the molecule is CNC[C@H]1Oc2ccc(NS(=O)(=O)c3ccc(C)cc3)cc2C(=O)N([C@@H](C)CO)C[C@H]1C. The number of nitrogens with one attached hydrogen (secondary N) is 2. The lowest BCUT2D eigenvalue weighted by molar-refractivity contribution is 0.0416. The lowest BCUT2D eigenvalue weighted by Crippen LogP contribution is -2.49. The van der Waals surface area contributed by atoms with Crippen molar-refractivity contribution in [3.8, 4) is 5.75 Å². The molecule has 3 N–H and O–H groups in total. The summed E-state index contributed by atoms with van der Waals surface area (Å²) >= 11 is 0. The molecule has 1 heterocycles. The van der Waals surface area contributed by atoms with E-state index in [1.165, 1.54) is 18.2 Å². The average Bonchev–Trinajstić information content (AvgIpc) is 2.76. The van der Waals surface area contributed by atoms with Crippen LogP contribution < -0.4 is 14.8 Å². The average molecular weight is 462 g/mol. The molecule has 0 saturated carbocycles. The van der Waals surface area contributed by atoms with Crippen molar-refractivity contribution >= 4 is 21.6 Å². The van der Waals surface area contributed by atoms with Crippen LogP contribution in [0, 0.1) is 12.8 Å². The third-order valence-corrected chi connectivity index (χ3v) is 7.05. The number of amides is 1. The molecule has 1 aliphatic rings. The van der Waals surface area contributed by atoms with Crippen molar-refractivity contribution < 1.29 is 23.1 Å². The van der Waals surface area contributed by atoms with Crippen LogP contribution in [0.2, 0.25) is 0 Å². The summed E-state index contributed by atoms with van der Waals surface area (Å²) in [7, 11) is -1.99. The Bertz CT molecular complexity index is 1060. The molecule has 0 spiro atoms. The van der Waals surface area contributed by atoms with E-state index in [1.54, 1.807) is 36.1 Å². The Hall–Kier alpha value is -2.62. The van der Waals surface area contributed by atoms with Gasteiger partial charge < -0.3 is 20.1 Å². The smallest absolute Gasteiger partial charge is 0.261 e. The van der Waals surface area contributed by atoms with Gasteiger partial charge in [0.25, 0.3) is 15.9 Å². The summed E-state index contributed by atoms with van der Waals surface area (Å²) in [6, 6.07) is 10.8. The van der Waals surface area contributed by atoms with E-state index in [1.807, 2.05) is 20.9 Å². The predicted molar refractivity (Wildman–Crippen MR) is 124 cm³/mol. The molecule has 174 valence electrons. The first kappa shape index (κ1) is 24.0. The summed E-state index contributed by atoms with van der Waals surface area (Å²) in [5, 5.41) is 12.8. The number of nitrogens with zero attached hydrogens (tertiary/aromatic N) is 1. The third kappa shape index (κ3) is 5.23. The van der Waals surface area contributed by atoms with Crippen LogP contribution >= 0.6 is 0 Å². The monoisotopic (exact) mass is 461 g/mol. The molecule has 1 amide bonds. The second kappa shape index (κ2) is 9.89. The zero-order valence-corrected chi connectivity index (χ0v) is 19.6. The number of aryl methyl sites for hydroxylation is 1. The van der Waals surface area contributed by atoms with Gasteiger partial charge in [-0.15, -0.1) is 0 Å². The van der Waals surface area contributed by atoms with Crippen LogP contribution in [0.1, 0.15) is 29.8 Å². The van der Waals surface area contributed by atoms with E-state index >= 15 is 0 Å². The van der Waals surface area contributed by atoms with Crippen LogP contribution in [-0.4, -0.2) is 63.2 Å². The molecule has 2 aromatic carbocycles. The summed E-state index contributed by atoms with van der Waals surface area (Å²) in [6.07, 6.45) is -0.199. The van der Waals surface area contributed by atoms with Crippen LogP contribution in [0.3, 0.4) is 0 Å². The fourth-order valence-corrected chi connectivity index (χ4v) is 4.71. The standard InChI is InChI=1S/C23H31N3O5S/c1-15-5-8-19(9-6-15)32(29,30)25-18-7-10-21-20(11-18)23(28)26(17(3)14-27)13-16(2)22(31-21)12-24-4/h5-11,16-17,22,24-25,27H,12-14H2,1-4H3/t16-,17+,22-/m1/s1. The Balaban J connectivity index is 1.99. The maximum atomic E-state index is 13.4. The summed E-state index contributed by atoms with van der Waals surface area (Å²) in [6.45, 7) is 6.48. The largest absolute Gasteiger partial charge is 0.488 e. The molecule has 0 radical (unpaired) electrons. The van der Waals surface area contributed by atoms with Gasteiger partial charge in [0.2, 0.25) is 0 Å². The van der Waals surface area contributed by atoms with Gasteiger partial charge in [-0.05, 0) is 51.2 Å². The van der Waals surface area contributed by atoms with Crippen LogP contribution in [0.25, 0.3) is 0 Å². The van der Waals surface area contributed by atoms with Gasteiger partial charge in [0.1, 0.15) is 11.9 Å². The van der Waals surface area contributed by atoms with Crippen LogP contribution in [0.5, 0.6) is 5.75 Å². The van der Waals surface area contributed by atoms with E-state index in [0.717, 1.165) is 5.56 Å². The molecule has 0 aromatic heterocycles. The Labute approximate surface area is 189 Å². The van der Waals surface area contributed by atoms with Crippen LogP contribution in [0.15, 0.2) is 47.4 Å². The number of carbonyl (C=O) groups excluding carboxylic acids is 1. The number of aliphatic hydroxyl groups excluding tert-OH is 1. The molecule has 0 bridgehead atoms. The molecule has 3 rings (SSSR count). The number of anilines is 1. The maximum absolute atomic E-state index is 13.4. The first-order valence-electron chi connectivity index (χ1n) is 10.6. The minimum Gasteiger partial charge on any atom is -0.488 e. The van der Waals surface area contributed by atoms with E-state index < -0.39 is 10.0 Å². The Kier molecular flexibility index (Phi) is 7.43. The van der Waals surface area contributed by atoms with Gasteiger partial charge >= 0.3 is 0 Å². The normalized spacial score (nSPS) is 20.0. The second-order valence-corrected chi connectivity index (χ2v) is 9.99. The van der Waals surface area contributed by atoms with E-state index in [2.05, 4.69) is 10.0 Å². The van der Waals surface area contributed by atoms with E-state index in [9.17, 15) is 18.3 Å². The number of carbonyl (C=O) groups is 1. The summed E-state index contributed by atoms with van der Waals surface area (Å²) in [5.74, 6) is 0.0937. The van der Waals surface area contributed by atoms with Crippen molar-refractivity contribution in [2.75, 3.05) is 31.5 Å². The van der Waals surface area contributed by atoms with Gasteiger partial charge in [0.05, 0.1) is 23.1 Å². The van der Waals surface area contributed by atoms with Gasteiger partial charge in [-0.3, -0.25) is 9.52 Å². The Morgan fingerprint density at radius 1 is 1.22 bits per heavy atom. The van der Waals surface area contributed by atoms with Crippen molar-refractivity contribution in [2.45, 2.75) is 37.8 Å². The summed E-state index contributed by atoms with van der Waals surface area (Å²) in [4.78, 5) is 15.1. The minimum absolute atomic E-state index is 0.0215. The molecule has 32 heavy (non-hydrogen) atoms. The van der Waals surface area contributed by atoms with Crippen LogP contribution in [-0.2, 0) is 10.0 Å². The highest BCUT2D eigenvalue weighted by molar-refractivity contribution is 7.92.